The molecule has 2 aliphatic heterocycles. The van der Waals surface area contributed by atoms with Crippen molar-refractivity contribution in [2.24, 2.45) is 0 Å². The van der Waals surface area contributed by atoms with Crippen LogP contribution in [0.25, 0.3) is 0 Å². The SMILES string of the molecule is COc1ccc(NC(=O)[C@@H]2CSCN2C(=O)CN2CCCNC2=O)cc1. The maximum absolute atomic E-state index is 12.6. The van der Waals surface area contributed by atoms with Gasteiger partial charge < -0.3 is 25.2 Å². The van der Waals surface area contributed by atoms with E-state index >= 15 is 0 Å². The van der Waals surface area contributed by atoms with Crippen molar-refractivity contribution in [3.63, 3.8) is 0 Å². The molecule has 2 heterocycles. The van der Waals surface area contributed by atoms with Gasteiger partial charge in [0.25, 0.3) is 0 Å². The number of carbonyl (C=O) groups excluding carboxylic acids is 3. The molecule has 0 aromatic heterocycles. The fourth-order valence-electron chi connectivity index (χ4n) is 2.89. The highest BCUT2D eigenvalue weighted by molar-refractivity contribution is 7.99. The van der Waals surface area contributed by atoms with Crippen LogP contribution in [0.1, 0.15) is 6.42 Å². The Morgan fingerprint density at radius 1 is 1.35 bits per heavy atom. The highest BCUT2D eigenvalue weighted by Crippen LogP contribution is 2.23. The zero-order valence-corrected chi connectivity index (χ0v) is 15.4. The van der Waals surface area contributed by atoms with Gasteiger partial charge in [-0.25, -0.2) is 4.79 Å². The Labute approximate surface area is 156 Å². The molecule has 0 aliphatic carbocycles. The summed E-state index contributed by atoms with van der Waals surface area (Å²) in [5.74, 6) is 1.27. The van der Waals surface area contributed by atoms with Crippen LogP contribution in [0.2, 0.25) is 0 Å². The summed E-state index contributed by atoms with van der Waals surface area (Å²) in [6, 6.07) is 6.26. The van der Waals surface area contributed by atoms with Crippen molar-refractivity contribution in [3.8, 4) is 5.75 Å². The predicted octanol–water partition coefficient (Wildman–Crippen LogP) is 0.950. The fourth-order valence-corrected chi connectivity index (χ4v) is 4.07. The number of hydrogen-bond donors (Lipinski definition) is 2. The molecule has 1 aromatic rings. The molecule has 3 rings (SSSR count). The third-order valence-corrected chi connectivity index (χ3v) is 5.37. The average Bonchev–Trinajstić information content (AvgIpc) is 3.14. The number of nitrogens with zero attached hydrogens (tertiary/aromatic N) is 2. The minimum Gasteiger partial charge on any atom is -0.497 e. The molecule has 0 radical (unpaired) electrons. The van der Waals surface area contributed by atoms with E-state index in [0.717, 1.165) is 6.42 Å². The van der Waals surface area contributed by atoms with E-state index in [1.807, 2.05) is 0 Å². The zero-order chi connectivity index (χ0) is 18.5. The van der Waals surface area contributed by atoms with Gasteiger partial charge in [-0.2, -0.15) is 0 Å². The second kappa shape index (κ2) is 8.31. The highest BCUT2D eigenvalue weighted by Gasteiger charge is 2.36. The first-order chi connectivity index (χ1) is 12.6. The first kappa shape index (κ1) is 18.4. The quantitative estimate of drug-likeness (QED) is 0.796. The number of nitrogens with one attached hydrogen (secondary N) is 2. The predicted molar refractivity (Wildman–Crippen MR) is 99.2 cm³/mol. The van der Waals surface area contributed by atoms with E-state index in [1.165, 1.54) is 16.7 Å². The number of urea groups is 1. The monoisotopic (exact) mass is 378 g/mol. The second-order valence-electron chi connectivity index (χ2n) is 6.10. The van der Waals surface area contributed by atoms with E-state index in [1.54, 1.807) is 36.3 Å². The Hall–Kier alpha value is -2.42. The number of carbonyl (C=O) groups is 3. The molecule has 26 heavy (non-hydrogen) atoms. The van der Waals surface area contributed by atoms with Crippen molar-refractivity contribution in [2.75, 3.05) is 43.7 Å². The van der Waals surface area contributed by atoms with Crippen LogP contribution in [0.3, 0.4) is 0 Å². The molecule has 140 valence electrons. The van der Waals surface area contributed by atoms with Gasteiger partial charge in [0.2, 0.25) is 11.8 Å². The van der Waals surface area contributed by atoms with Crippen LogP contribution in [0.4, 0.5) is 10.5 Å². The minimum atomic E-state index is -0.539. The Morgan fingerprint density at radius 3 is 2.81 bits per heavy atom. The van der Waals surface area contributed by atoms with Gasteiger partial charge in [-0.15, -0.1) is 11.8 Å². The molecule has 0 spiro atoms. The Kier molecular flexibility index (Phi) is 5.87. The lowest BCUT2D eigenvalue weighted by atomic mass is 10.2. The second-order valence-corrected chi connectivity index (χ2v) is 7.10. The Morgan fingerprint density at radius 2 is 2.12 bits per heavy atom. The van der Waals surface area contributed by atoms with E-state index in [-0.39, 0.29) is 24.4 Å². The third kappa shape index (κ3) is 4.21. The number of benzene rings is 1. The summed E-state index contributed by atoms with van der Waals surface area (Å²) >= 11 is 1.53. The lowest BCUT2D eigenvalue weighted by Crippen LogP contribution is -2.53. The van der Waals surface area contributed by atoms with Crippen molar-refractivity contribution in [2.45, 2.75) is 12.5 Å². The molecule has 4 amide bonds. The van der Waals surface area contributed by atoms with Crippen molar-refractivity contribution in [1.29, 1.82) is 0 Å². The van der Waals surface area contributed by atoms with Crippen LogP contribution >= 0.6 is 11.8 Å². The molecule has 2 N–H and O–H groups in total. The number of anilines is 1. The van der Waals surface area contributed by atoms with Crippen LogP contribution in [0.5, 0.6) is 5.75 Å². The van der Waals surface area contributed by atoms with Crippen LogP contribution in [-0.4, -0.2) is 72.1 Å². The minimum absolute atomic E-state index is 0.00128. The molecule has 8 nitrogen and oxygen atoms in total. The molecule has 1 atom stereocenters. The fraction of sp³-hybridized carbons (Fsp3) is 0.471. The van der Waals surface area contributed by atoms with Crippen molar-refractivity contribution >= 4 is 35.3 Å². The summed E-state index contributed by atoms with van der Waals surface area (Å²) in [5, 5.41) is 5.56. The highest BCUT2D eigenvalue weighted by atomic mass is 32.2. The van der Waals surface area contributed by atoms with E-state index in [4.69, 9.17) is 4.74 Å². The summed E-state index contributed by atoms with van der Waals surface area (Å²) in [7, 11) is 1.58. The van der Waals surface area contributed by atoms with Crippen LogP contribution in [0.15, 0.2) is 24.3 Å². The summed E-state index contributed by atoms with van der Waals surface area (Å²) < 4.78 is 5.10. The van der Waals surface area contributed by atoms with Gasteiger partial charge in [-0.3, -0.25) is 9.59 Å². The van der Waals surface area contributed by atoms with Gasteiger partial charge in [0.15, 0.2) is 0 Å². The third-order valence-electron chi connectivity index (χ3n) is 4.36. The standard InChI is InChI=1S/C17H22N4O4S/c1-25-13-5-3-12(4-6-13)19-16(23)14-10-26-11-21(14)15(22)9-20-8-2-7-18-17(20)24/h3-6,14H,2,7-11H2,1H3,(H,18,24)(H,19,23)/t14-/m0/s1. The number of ether oxygens (including phenoxy) is 1. The summed E-state index contributed by atoms with van der Waals surface area (Å²) in [6.07, 6.45) is 0.815. The first-order valence-electron chi connectivity index (χ1n) is 8.43. The average molecular weight is 378 g/mol. The van der Waals surface area contributed by atoms with E-state index in [0.29, 0.717) is 36.2 Å². The van der Waals surface area contributed by atoms with Gasteiger partial charge in [0.1, 0.15) is 18.3 Å². The molecular weight excluding hydrogens is 356 g/mol. The molecular formula is C17H22N4O4S. The normalized spacial score (nSPS) is 19.9. The van der Waals surface area contributed by atoms with E-state index < -0.39 is 6.04 Å². The smallest absolute Gasteiger partial charge is 0.317 e. The maximum Gasteiger partial charge on any atom is 0.317 e. The van der Waals surface area contributed by atoms with Crippen molar-refractivity contribution < 1.29 is 19.1 Å². The largest absolute Gasteiger partial charge is 0.497 e. The maximum atomic E-state index is 12.6. The first-order valence-corrected chi connectivity index (χ1v) is 9.59. The van der Waals surface area contributed by atoms with Crippen LogP contribution in [-0.2, 0) is 9.59 Å². The van der Waals surface area contributed by atoms with Crippen LogP contribution < -0.4 is 15.4 Å². The molecule has 0 bridgehead atoms. The van der Waals surface area contributed by atoms with Gasteiger partial charge in [0.05, 0.1) is 13.0 Å². The van der Waals surface area contributed by atoms with Gasteiger partial charge in [0, 0.05) is 24.5 Å². The van der Waals surface area contributed by atoms with Gasteiger partial charge in [-0.05, 0) is 30.7 Å². The molecule has 1 aromatic carbocycles. The van der Waals surface area contributed by atoms with Crippen molar-refractivity contribution in [3.05, 3.63) is 24.3 Å². The zero-order valence-electron chi connectivity index (χ0n) is 14.6. The number of thioether (sulfide) groups is 1. The number of hydrogen-bond acceptors (Lipinski definition) is 5. The van der Waals surface area contributed by atoms with E-state index in [9.17, 15) is 14.4 Å². The molecule has 2 saturated heterocycles. The number of methoxy groups -OCH3 is 1. The van der Waals surface area contributed by atoms with Crippen molar-refractivity contribution in [1.82, 2.24) is 15.1 Å². The van der Waals surface area contributed by atoms with Gasteiger partial charge >= 0.3 is 6.03 Å². The lowest BCUT2D eigenvalue weighted by Gasteiger charge is -2.30. The summed E-state index contributed by atoms with van der Waals surface area (Å²) in [4.78, 5) is 40.0. The van der Waals surface area contributed by atoms with E-state index in [2.05, 4.69) is 10.6 Å². The molecule has 9 heteroatoms. The molecule has 2 fully saturated rings. The number of rotatable bonds is 5. The number of amides is 4. The van der Waals surface area contributed by atoms with Gasteiger partial charge in [-0.1, -0.05) is 0 Å². The molecule has 0 unspecified atom stereocenters. The lowest BCUT2D eigenvalue weighted by molar-refractivity contribution is -0.136. The summed E-state index contributed by atoms with van der Waals surface area (Å²) in [5.41, 5.74) is 0.649. The molecule has 0 saturated carbocycles. The Bertz CT molecular complexity index is 682. The van der Waals surface area contributed by atoms with Crippen LogP contribution in [0, 0.1) is 0 Å². The molecule has 2 aliphatic rings. The summed E-state index contributed by atoms with van der Waals surface area (Å²) in [6.45, 7) is 1.19. The topological polar surface area (TPSA) is 91.0 Å². The Balaban J connectivity index is 1.60.